The van der Waals surface area contributed by atoms with E-state index in [1.54, 1.807) is 0 Å². The maximum atomic E-state index is 9.88. The molecule has 12 atom stereocenters. The van der Waals surface area contributed by atoms with E-state index in [2.05, 4.69) is 20.8 Å². The minimum atomic E-state index is -1.02. The highest BCUT2D eigenvalue weighted by Crippen LogP contribution is 2.23. The van der Waals surface area contributed by atoms with Gasteiger partial charge in [0, 0.05) is 19.8 Å². The molecule has 3 aliphatic rings. The van der Waals surface area contributed by atoms with Gasteiger partial charge in [0.25, 0.3) is 0 Å². The Balaban J connectivity index is -0.000000972. The van der Waals surface area contributed by atoms with Gasteiger partial charge in [-0.15, -0.1) is 0 Å². The van der Waals surface area contributed by atoms with Crippen LogP contribution in [0.3, 0.4) is 0 Å². The summed E-state index contributed by atoms with van der Waals surface area (Å²) >= 11 is 0. The first-order valence-electron chi connectivity index (χ1n) is 28.2. The van der Waals surface area contributed by atoms with Gasteiger partial charge in [0.1, 0.15) is 73.2 Å². The van der Waals surface area contributed by atoms with Crippen LogP contribution in [0.4, 0.5) is 0 Å². The predicted molar refractivity (Wildman–Crippen MR) is 302 cm³/mol. The Bertz CT molecular complexity index is 1100. The van der Waals surface area contributed by atoms with Gasteiger partial charge in [-0.2, -0.15) is 40.5 Å². The highest BCUT2D eigenvalue weighted by Gasteiger charge is 2.42. The molecule has 15 nitrogen and oxygen atoms in total. The van der Waals surface area contributed by atoms with Crippen molar-refractivity contribution in [2.24, 2.45) is 0 Å². The first-order valence-corrected chi connectivity index (χ1v) is 28.2. The predicted octanol–water partition coefficient (Wildman–Crippen LogP) is 7.55. The monoisotopic (exact) mass is 1100 g/mol. The van der Waals surface area contributed by atoms with E-state index in [-0.39, 0.29) is 80.1 Å². The zero-order valence-electron chi connectivity index (χ0n) is 45.5. The Morgan fingerprint density at radius 3 is 1.12 bits per heavy atom. The molecule has 3 heterocycles. The number of hydrogen-bond acceptors (Lipinski definition) is 15. The summed E-state index contributed by atoms with van der Waals surface area (Å²) in [7, 11) is 0. The van der Waals surface area contributed by atoms with Crippen LogP contribution in [-0.2, 0) is 28.4 Å². The summed E-state index contributed by atoms with van der Waals surface area (Å²) in [6.45, 7) is 8.37. The van der Waals surface area contributed by atoms with Gasteiger partial charge in [-0.1, -0.05) is 194 Å². The van der Waals surface area contributed by atoms with Crippen LogP contribution in [0.5, 0.6) is 0 Å². The molecule has 3 rings (SSSR count). The third kappa shape index (κ3) is 37.3. The molecule has 0 bridgehead atoms. The lowest BCUT2D eigenvalue weighted by Crippen LogP contribution is -2.42. The molecule has 1 unspecified atom stereocenters. The molecule has 0 aromatic heterocycles. The number of hydrogen-bond donors (Lipinski definition) is 9. The van der Waals surface area contributed by atoms with Gasteiger partial charge >= 0.3 is 0 Å². The van der Waals surface area contributed by atoms with Crippen LogP contribution in [0.25, 0.3) is 0 Å². The topological polar surface area (TPSA) is 237 Å². The second kappa shape index (κ2) is 53.5. The average molecular weight is 1100 g/mol. The van der Waals surface area contributed by atoms with Gasteiger partial charge in [0.15, 0.2) is 0 Å². The molecule has 3 saturated heterocycles. The summed E-state index contributed by atoms with van der Waals surface area (Å²) in [5, 5.41) is 85.9. The number of aliphatic hydroxyl groups excluding tert-OH is 9. The fourth-order valence-electron chi connectivity index (χ4n) is 9.05. The third-order valence-electron chi connectivity index (χ3n) is 13.6. The molecule has 0 spiro atoms. The van der Waals surface area contributed by atoms with Crippen molar-refractivity contribution in [1.82, 2.24) is 0 Å². The van der Waals surface area contributed by atoms with E-state index >= 15 is 0 Å². The SMILES string of the molecule is CCCCCCCCCCCCOC(CO)[C@H]1OC[C@H](O)[C@H]1O.CCCCCCCCCCCCOC[C@@H](O)[C@H]1OC[C@H](O)[C@H]1O.CCCCCCCCCCCCO[C@H]1[C@@H]([C@H](O)CO)OC[C@@H]1O.S.S.S. The Labute approximate surface area is 458 Å². The van der Waals surface area contributed by atoms with Crippen LogP contribution >= 0.6 is 40.5 Å². The molecule has 0 radical (unpaired) electrons. The van der Waals surface area contributed by atoms with Crippen LogP contribution in [0.1, 0.15) is 213 Å². The van der Waals surface area contributed by atoms with E-state index in [1.807, 2.05) is 0 Å². The summed E-state index contributed by atoms with van der Waals surface area (Å²) in [5.41, 5.74) is 0. The molecule has 0 aromatic rings. The third-order valence-corrected chi connectivity index (χ3v) is 13.6. The summed E-state index contributed by atoms with van der Waals surface area (Å²) < 4.78 is 32.5. The maximum absolute atomic E-state index is 9.88. The van der Waals surface area contributed by atoms with Crippen molar-refractivity contribution in [2.75, 3.05) is 59.5 Å². The van der Waals surface area contributed by atoms with Gasteiger partial charge < -0.3 is 74.4 Å². The molecule has 72 heavy (non-hydrogen) atoms. The average Bonchev–Trinajstić information content (AvgIpc) is 4.02. The number of unbranched alkanes of at least 4 members (excludes halogenated alkanes) is 27. The summed E-state index contributed by atoms with van der Waals surface area (Å²) in [4.78, 5) is 0. The summed E-state index contributed by atoms with van der Waals surface area (Å²) in [5.74, 6) is 0. The molecule has 0 aliphatic carbocycles. The zero-order chi connectivity index (χ0) is 50.7. The Morgan fingerprint density at radius 1 is 0.403 bits per heavy atom. The molecule has 3 fully saturated rings. The van der Waals surface area contributed by atoms with Crippen molar-refractivity contribution >= 4 is 40.5 Å². The molecule has 9 N–H and O–H groups in total. The highest BCUT2D eigenvalue weighted by atomic mass is 32.1. The van der Waals surface area contributed by atoms with Crippen molar-refractivity contribution in [2.45, 2.75) is 287 Å². The van der Waals surface area contributed by atoms with Crippen molar-refractivity contribution in [3.8, 4) is 0 Å². The van der Waals surface area contributed by atoms with Gasteiger partial charge in [0.05, 0.1) is 39.6 Å². The Hall–Kier alpha value is 0.450. The summed E-state index contributed by atoms with van der Waals surface area (Å²) in [6, 6.07) is 0. The second-order valence-corrected chi connectivity index (χ2v) is 19.9. The molecular formula is C54H114O15S3. The van der Waals surface area contributed by atoms with E-state index < -0.39 is 73.2 Å². The number of rotatable bonds is 42. The van der Waals surface area contributed by atoms with Gasteiger partial charge in [-0.3, -0.25) is 0 Å². The lowest BCUT2D eigenvalue weighted by molar-refractivity contribution is -0.101. The molecule has 438 valence electrons. The molecule has 18 heteroatoms. The van der Waals surface area contributed by atoms with Crippen LogP contribution < -0.4 is 0 Å². The fraction of sp³-hybridized carbons (Fsp3) is 1.00. The smallest absolute Gasteiger partial charge is 0.114 e. The molecule has 3 aliphatic heterocycles. The maximum Gasteiger partial charge on any atom is 0.114 e. The van der Waals surface area contributed by atoms with Crippen molar-refractivity contribution in [3.63, 3.8) is 0 Å². The first kappa shape index (κ1) is 76.7. The Morgan fingerprint density at radius 2 is 0.750 bits per heavy atom. The van der Waals surface area contributed by atoms with E-state index in [9.17, 15) is 40.9 Å². The van der Waals surface area contributed by atoms with Gasteiger partial charge in [-0.05, 0) is 19.3 Å². The van der Waals surface area contributed by atoms with Crippen LogP contribution in [0, 0.1) is 0 Å². The lowest BCUT2D eigenvalue weighted by atomic mass is 10.1. The zero-order valence-corrected chi connectivity index (χ0v) is 48.5. The fourth-order valence-corrected chi connectivity index (χ4v) is 9.05. The lowest BCUT2D eigenvalue weighted by Gasteiger charge is -2.24. The van der Waals surface area contributed by atoms with Crippen LogP contribution in [0.2, 0.25) is 0 Å². The largest absolute Gasteiger partial charge is 0.394 e. The van der Waals surface area contributed by atoms with Crippen LogP contribution in [0.15, 0.2) is 0 Å². The standard InChI is InChI=1S/3C18H36O5.3H2S/c1-2-3-4-5-6-7-8-9-10-11-12-22-13-16(20)18-17(21)15(19)14-23-18;1-2-3-4-5-6-7-8-9-10-11-12-22-16(13-19)18-17(21)15(20)14-23-18;1-2-3-4-5-6-7-8-9-10-11-12-22-18-16(21)14-23-17(18)15(20)13-19;;;/h3*15-21H,2-14H2,1H3;3*1H2/t15-,16+,17+,18+;15-,16?,17+,18+;15-,16+,17-,18-;;;/m001.../s1. The minimum Gasteiger partial charge on any atom is -0.394 e. The number of ether oxygens (including phenoxy) is 6. The molecule has 0 amide bonds. The van der Waals surface area contributed by atoms with Crippen molar-refractivity contribution in [3.05, 3.63) is 0 Å². The first-order chi connectivity index (χ1) is 33.6. The van der Waals surface area contributed by atoms with Crippen molar-refractivity contribution < 1.29 is 74.4 Å². The Kier molecular flexibility index (Phi) is 56.9. The second-order valence-electron chi connectivity index (χ2n) is 19.9. The summed E-state index contributed by atoms with van der Waals surface area (Å²) in [6.07, 6.45) is 28.7. The molecule has 0 saturated carbocycles. The molecule has 0 aromatic carbocycles. The van der Waals surface area contributed by atoms with E-state index in [0.717, 1.165) is 38.5 Å². The van der Waals surface area contributed by atoms with Gasteiger partial charge in [-0.25, -0.2) is 0 Å². The van der Waals surface area contributed by atoms with Crippen LogP contribution in [-0.4, -0.2) is 179 Å². The normalized spacial score (nSPS) is 24.8. The van der Waals surface area contributed by atoms with E-state index in [1.165, 1.54) is 154 Å². The van der Waals surface area contributed by atoms with Crippen molar-refractivity contribution in [1.29, 1.82) is 0 Å². The van der Waals surface area contributed by atoms with Gasteiger partial charge in [0.2, 0.25) is 0 Å². The number of aliphatic hydroxyl groups is 9. The molecular weight excluding hydrogens is 985 g/mol. The highest BCUT2D eigenvalue weighted by molar-refractivity contribution is 7.59. The minimum absolute atomic E-state index is 0. The quantitative estimate of drug-likeness (QED) is 0.0268. The van der Waals surface area contributed by atoms with E-state index in [0.29, 0.717) is 19.8 Å². The van der Waals surface area contributed by atoms with E-state index in [4.69, 9.17) is 33.5 Å².